The maximum Gasteiger partial charge on any atom is 0.126 e. The highest BCUT2D eigenvalue weighted by Gasteiger charge is 2.07. The van der Waals surface area contributed by atoms with Crippen LogP contribution in [0.2, 0.25) is 0 Å². The number of rotatable bonds is 2. The Kier molecular flexibility index (Phi) is 2.54. The topological polar surface area (TPSA) is 38.7 Å². The maximum atomic E-state index is 4.35. The molecule has 2 heterocycles. The van der Waals surface area contributed by atoms with Crippen LogP contribution in [-0.4, -0.2) is 15.0 Å². The summed E-state index contributed by atoms with van der Waals surface area (Å²) in [6.07, 6.45) is 7.03. The van der Waals surface area contributed by atoms with Gasteiger partial charge >= 0.3 is 0 Å². The van der Waals surface area contributed by atoms with Crippen LogP contribution in [0.4, 0.5) is 0 Å². The van der Waals surface area contributed by atoms with E-state index in [1.807, 2.05) is 6.20 Å². The first-order valence-electron chi connectivity index (χ1n) is 4.48. The highest BCUT2D eigenvalue weighted by Crippen LogP contribution is 2.28. The molecule has 3 nitrogen and oxygen atoms in total. The van der Waals surface area contributed by atoms with E-state index in [4.69, 9.17) is 0 Å². The normalized spacial score (nSPS) is 10.8. The number of hydrogen-bond donors (Lipinski definition) is 0. The third-order valence-electron chi connectivity index (χ3n) is 1.90. The van der Waals surface area contributed by atoms with E-state index in [1.54, 1.807) is 23.7 Å². The summed E-state index contributed by atoms with van der Waals surface area (Å²) in [6, 6.07) is 0. The maximum absolute atomic E-state index is 4.35. The largest absolute Gasteiger partial charge is 0.244 e. The van der Waals surface area contributed by atoms with E-state index >= 15 is 0 Å². The van der Waals surface area contributed by atoms with Gasteiger partial charge in [0, 0.05) is 29.0 Å². The second-order valence-electron chi connectivity index (χ2n) is 3.35. The molecule has 2 rings (SSSR count). The van der Waals surface area contributed by atoms with Gasteiger partial charge in [0.15, 0.2) is 0 Å². The average molecular weight is 205 g/mol. The third-order valence-corrected chi connectivity index (χ3v) is 3.25. The van der Waals surface area contributed by atoms with Crippen LogP contribution in [-0.2, 0) is 0 Å². The SMILES string of the molecule is CC(C)c1cnc(-c2cncnc2)s1. The van der Waals surface area contributed by atoms with Crippen molar-refractivity contribution in [1.82, 2.24) is 15.0 Å². The van der Waals surface area contributed by atoms with Crippen molar-refractivity contribution in [3.8, 4) is 10.6 Å². The second kappa shape index (κ2) is 3.84. The van der Waals surface area contributed by atoms with Crippen molar-refractivity contribution in [3.63, 3.8) is 0 Å². The molecule has 0 fully saturated rings. The van der Waals surface area contributed by atoms with Crippen molar-refractivity contribution in [2.45, 2.75) is 19.8 Å². The van der Waals surface area contributed by atoms with E-state index in [9.17, 15) is 0 Å². The molecular formula is C10H11N3S. The zero-order chi connectivity index (χ0) is 9.97. The van der Waals surface area contributed by atoms with Crippen molar-refractivity contribution in [2.24, 2.45) is 0 Å². The summed E-state index contributed by atoms with van der Waals surface area (Å²) in [4.78, 5) is 13.6. The summed E-state index contributed by atoms with van der Waals surface area (Å²) in [5, 5.41) is 0.995. The Balaban J connectivity index is 2.34. The van der Waals surface area contributed by atoms with Crippen molar-refractivity contribution in [3.05, 3.63) is 29.8 Å². The Morgan fingerprint density at radius 1 is 1.14 bits per heavy atom. The number of thiazole rings is 1. The quantitative estimate of drug-likeness (QED) is 0.756. The summed E-state index contributed by atoms with van der Waals surface area (Å²) < 4.78 is 0. The molecule has 0 atom stereocenters. The lowest BCUT2D eigenvalue weighted by Crippen LogP contribution is -1.79. The summed E-state index contributed by atoms with van der Waals surface area (Å²) in [5.74, 6) is 0.533. The standard InChI is InChI=1S/C10H11N3S/c1-7(2)9-5-13-10(14-9)8-3-11-6-12-4-8/h3-7H,1-2H3. The minimum Gasteiger partial charge on any atom is -0.244 e. The molecule has 0 saturated carbocycles. The molecule has 2 aromatic heterocycles. The lowest BCUT2D eigenvalue weighted by atomic mass is 10.2. The fraction of sp³-hybridized carbons (Fsp3) is 0.300. The summed E-state index contributed by atoms with van der Waals surface area (Å²) in [6.45, 7) is 4.33. The first kappa shape index (κ1) is 9.27. The number of aromatic nitrogens is 3. The molecule has 14 heavy (non-hydrogen) atoms. The molecule has 4 heteroatoms. The minimum atomic E-state index is 0.533. The van der Waals surface area contributed by atoms with E-state index < -0.39 is 0 Å². The van der Waals surface area contributed by atoms with Gasteiger partial charge in [-0.05, 0) is 5.92 Å². The molecule has 0 radical (unpaired) electrons. The fourth-order valence-corrected chi connectivity index (χ4v) is 1.99. The molecule has 0 aliphatic rings. The smallest absolute Gasteiger partial charge is 0.126 e. The van der Waals surface area contributed by atoms with Crippen LogP contribution in [0.1, 0.15) is 24.6 Å². The summed E-state index contributed by atoms with van der Waals surface area (Å²) >= 11 is 1.70. The molecule has 0 aromatic carbocycles. The van der Waals surface area contributed by atoms with Crippen LogP contribution in [0.3, 0.4) is 0 Å². The highest BCUT2D eigenvalue weighted by molar-refractivity contribution is 7.15. The third kappa shape index (κ3) is 1.80. The van der Waals surface area contributed by atoms with E-state index in [-0.39, 0.29) is 0 Å². The van der Waals surface area contributed by atoms with Crippen LogP contribution in [0.25, 0.3) is 10.6 Å². The number of hydrogen-bond acceptors (Lipinski definition) is 4. The predicted molar refractivity (Wildman–Crippen MR) is 57.2 cm³/mol. The molecule has 0 unspecified atom stereocenters. The monoisotopic (exact) mass is 205 g/mol. The first-order valence-corrected chi connectivity index (χ1v) is 5.30. The van der Waals surface area contributed by atoms with Gasteiger partial charge < -0.3 is 0 Å². The Hall–Kier alpha value is -1.29. The van der Waals surface area contributed by atoms with E-state index in [0.717, 1.165) is 10.6 Å². The molecular weight excluding hydrogens is 194 g/mol. The zero-order valence-corrected chi connectivity index (χ0v) is 8.95. The Labute approximate surface area is 86.9 Å². The van der Waals surface area contributed by atoms with E-state index in [0.29, 0.717) is 5.92 Å². The van der Waals surface area contributed by atoms with Gasteiger partial charge in [-0.25, -0.2) is 15.0 Å². The average Bonchev–Trinajstić information content (AvgIpc) is 2.68. The van der Waals surface area contributed by atoms with Crippen LogP contribution < -0.4 is 0 Å². The van der Waals surface area contributed by atoms with E-state index in [2.05, 4.69) is 28.8 Å². The van der Waals surface area contributed by atoms with Crippen molar-refractivity contribution < 1.29 is 0 Å². The van der Waals surface area contributed by atoms with Gasteiger partial charge in [0.1, 0.15) is 11.3 Å². The molecule has 0 amide bonds. The van der Waals surface area contributed by atoms with Gasteiger partial charge in [-0.15, -0.1) is 11.3 Å². The molecule has 0 aliphatic carbocycles. The lowest BCUT2D eigenvalue weighted by Gasteiger charge is -1.96. The van der Waals surface area contributed by atoms with Crippen LogP contribution in [0.5, 0.6) is 0 Å². The zero-order valence-electron chi connectivity index (χ0n) is 8.14. The Morgan fingerprint density at radius 3 is 2.43 bits per heavy atom. The lowest BCUT2D eigenvalue weighted by molar-refractivity contribution is 0.885. The fourth-order valence-electron chi connectivity index (χ4n) is 1.10. The molecule has 0 aliphatic heterocycles. The van der Waals surface area contributed by atoms with Crippen molar-refractivity contribution in [1.29, 1.82) is 0 Å². The van der Waals surface area contributed by atoms with Crippen molar-refractivity contribution >= 4 is 11.3 Å². The first-order chi connectivity index (χ1) is 6.77. The van der Waals surface area contributed by atoms with E-state index in [1.165, 1.54) is 11.2 Å². The Bertz CT molecular complexity index is 408. The van der Waals surface area contributed by atoms with Gasteiger partial charge in [-0.2, -0.15) is 0 Å². The van der Waals surface area contributed by atoms with Gasteiger partial charge in [0.05, 0.1) is 0 Å². The summed E-state index contributed by atoms with van der Waals surface area (Å²) in [7, 11) is 0. The molecule has 2 aromatic rings. The van der Waals surface area contributed by atoms with Gasteiger partial charge in [-0.1, -0.05) is 13.8 Å². The van der Waals surface area contributed by atoms with Gasteiger partial charge in [0.2, 0.25) is 0 Å². The van der Waals surface area contributed by atoms with Crippen molar-refractivity contribution in [2.75, 3.05) is 0 Å². The Morgan fingerprint density at radius 2 is 1.86 bits per heavy atom. The number of nitrogens with zero attached hydrogens (tertiary/aromatic N) is 3. The second-order valence-corrected chi connectivity index (χ2v) is 4.41. The molecule has 72 valence electrons. The molecule has 0 saturated heterocycles. The van der Waals surface area contributed by atoms with Crippen LogP contribution in [0, 0.1) is 0 Å². The summed E-state index contributed by atoms with van der Waals surface area (Å²) in [5.41, 5.74) is 0.990. The predicted octanol–water partition coefficient (Wildman–Crippen LogP) is 2.72. The van der Waals surface area contributed by atoms with Crippen LogP contribution in [0.15, 0.2) is 24.9 Å². The van der Waals surface area contributed by atoms with Crippen LogP contribution >= 0.6 is 11.3 Å². The highest BCUT2D eigenvalue weighted by atomic mass is 32.1. The van der Waals surface area contributed by atoms with Gasteiger partial charge in [-0.3, -0.25) is 0 Å². The molecule has 0 bridgehead atoms. The molecule has 0 spiro atoms. The molecule has 0 N–H and O–H groups in total. The minimum absolute atomic E-state index is 0.533. The van der Waals surface area contributed by atoms with Gasteiger partial charge in [0.25, 0.3) is 0 Å².